The zero-order chi connectivity index (χ0) is 19.6. The minimum absolute atomic E-state index is 0.419. The average molecular weight is 440 g/mol. The number of benzene rings is 1. The van der Waals surface area contributed by atoms with Gasteiger partial charge in [-0.2, -0.15) is 0 Å². The number of rotatable bonds is 4. The van der Waals surface area contributed by atoms with Crippen LogP contribution in [-0.2, 0) is 16.1 Å². The van der Waals surface area contributed by atoms with Gasteiger partial charge in [0.2, 0.25) is 0 Å². The lowest BCUT2D eigenvalue weighted by molar-refractivity contribution is -0.159. The Labute approximate surface area is 167 Å². The van der Waals surface area contributed by atoms with E-state index in [2.05, 4.69) is 33.4 Å². The summed E-state index contributed by atoms with van der Waals surface area (Å²) in [5, 5.41) is 18.7. The van der Waals surface area contributed by atoms with Gasteiger partial charge in [-0.25, -0.2) is 9.59 Å². The first-order chi connectivity index (χ1) is 12.8. The van der Waals surface area contributed by atoms with Crippen molar-refractivity contribution in [2.24, 2.45) is 17.8 Å². The lowest BCUT2D eigenvalue weighted by Crippen LogP contribution is -2.58. The monoisotopic (exact) mass is 439 g/mol. The fraction of sp³-hybridized carbons (Fsp3) is 0.600. The molecule has 7 heteroatoms. The molecule has 4 fully saturated rings. The maximum absolute atomic E-state index is 9.10. The Bertz CT molecular complexity index is 673. The summed E-state index contributed by atoms with van der Waals surface area (Å²) in [6.07, 6.45) is 8.70. The van der Waals surface area contributed by atoms with E-state index in [1.807, 2.05) is 6.07 Å². The molecule has 1 aromatic carbocycles. The highest BCUT2D eigenvalue weighted by atomic mass is 79.9. The lowest BCUT2D eigenvalue weighted by atomic mass is 9.53. The molecule has 0 spiro atoms. The number of hydrogen-bond donors (Lipinski definition) is 3. The predicted molar refractivity (Wildman–Crippen MR) is 104 cm³/mol. The maximum Gasteiger partial charge on any atom is 0.414 e. The molecule has 6 nitrogen and oxygen atoms in total. The van der Waals surface area contributed by atoms with E-state index in [4.69, 9.17) is 24.5 Å². The van der Waals surface area contributed by atoms with Gasteiger partial charge in [-0.1, -0.05) is 15.9 Å². The van der Waals surface area contributed by atoms with Crippen LogP contribution in [0.2, 0.25) is 0 Å². The highest BCUT2D eigenvalue weighted by molar-refractivity contribution is 9.10. The summed E-state index contributed by atoms with van der Waals surface area (Å²) < 4.78 is 6.64. The first-order valence-electron chi connectivity index (χ1n) is 9.34. The Morgan fingerprint density at radius 1 is 1.11 bits per heavy atom. The maximum atomic E-state index is 9.10. The second-order valence-electron chi connectivity index (χ2n) is 8.12. The smallest absolute Gasteiger partial charge is 0.414 e. The Morgan fingerprint density at radius 3 is 2.07 bits per heavy atom. The van der Waals surface area contributed by atoms with Crippen molar-refractivity contribution in [1.29, 1.82) is 0 Å². The summed E-state index contributed by atoms with van der Waals surface area (Å²) in [5.41, 5.74) is 1.69. The SMILES string of the molecule is COc1ccc(Br)cc1CNC12CC3CC(CC(C3)C1)C2.O=C(O)C(=O)O. The van der Waals surface area contributed by atoms with Crippen LogP contribution in [0, 0.1) is 17.8 Å². The van der Waals surface area contributed by atoms with E-state index in [1.54, 1.807) is 7.11 Å². The van der Waals surface area contributed by atoms with Crippen molar-refractivity contribution in [2.75, 3.05) is 7.11 Å². The van der Waals surface area contributed by atoms with Gasteiger partial charge < -0.3 is 20.3 Å². The van der Waals surface area contributed by atoms with Crippen LogP contribution in [0.1, 0.15) is 44.1 Å². The Balaban J connectivity index is 0.000000307. The van der Waals surface area contributed by atoms with Crippen LogP contribution in [-0.4, -0.2) is 34.8 Å². The molecule has 1 aromatic rings. The predicted octanol–water partition coefficient (Wildman–Crippen LogP) is 3.67. The molecule has 4 aliphatic rings. The molecule has 4 aliphatic carbocycles. The number of methoxy groups -OCH3 is 1. The summed E-state index contributed by atoms with van der Waals surface area (Å²) in [4.78, 5) is 18.2. The van der Waals surface area contributed by atoms with Gasteiger partial charge in [-0.15, -0.1) is 0 Å². The highest BCUT2D eigenvalue weighted by Gasteiger charge is 2.50. The van der Waals surface area contributed by atoms with E-state index in [-0.39, 0.29) is 0 Å². The standard InChI is InChI=1S/C18H24BrNO.C2H2O4/c1-21-17-3-2-16(19)7-15(17)11-20-18-8-12-4-13(9-18)6-14(5-12)10-18;3-1(4)2(5)6/h2-3,7,12-14,20H,4-6,8-11H2,1H3;(H,3,4)(H,5,6). The van der Waals surface area contributed by atoms with Crippen molar-refractivity contribution in [1.82, 2.24) is 5.32 Å². The number of hydrogen-bond acceptors (Lipinski definition) is 4. The zero-order valence-corrected chi connectivity index (χ0v) is 17.0. The molecule has 0 aliphatic heterocycles. The molecule has 0 atom stereocenters. The van der Waals surface area contributed by atoms with E-state index >= 15 is 0 Å². The minimum Gasteiger partial charge on any atom is -0.496 e. The quantitative estimate of drug-likeness (QED) is 0.619. The summed E-state index contributed by atoms with van der Waals surface area (Å²) in [6, 6.07) is 6.29. The molecule has 3 N–H and O–H groups in total. The molecular formula is C20H26BrNO5. The van der Waals surface area contributed by atoms with Gasteiger partial charge in [-0.05, 0) is 74.5 Å². The van der Waals surface area contributed by atoms with E-state index in [0.29, 0.717) is 5.54 Å². The van der Waals surface area contributed by atoms with Crippen LogP contribution in [0.25, 0.3) is 0 Å². The first-order valence-corrected chi connectivity index (χ1v) is 10.1. The van der Waals surface area contributed by atoms with Crippen LogP contribution < -0.4 is 10.1 Å². The highest BCUT2D eigenvalue weighted by Crippen LogP contribution is 2.55. The second kappa shape index (κ2) is 8.19. The van der Waals surface area contributed by atoms with Gasteiger partial charge in [0, 0.05) is 22.1 Å². The summed E-state index contributed by atoms with van der Waals surface area (Å²) in [6.45, 7) is 0.925. The van der Waals surface area contributed by atoms with E-state index in [0.717, 1.165) is 34.5 Å². The molecule has 0 amide bonds. The average Bonchev–Trinajstić information content (AvgIpc) is 2.59. The lowest BCUT2D eigenvalue weighted by Gasteiger charge is -2.57. The number of halogens is 1. The van der Waals surface area contributed by atoms with Gasteiger partial charge in [0.1, 0.15) is 5.75 Å². The molecule has 4 saturated carbocycles. The van der Waals surface area contributed by atoms with Gasteiger partial charge in [-0.3, -0.25) is 0 Å². The van der Waals surface area contributed by atoms with Crippen LogP contribution in [0.3, 0.4) is 0 Å². The normalized spacial score (nSPS) is 30.4. The molecule has 0 saturated heterocycles. The summed E-state index contributed by atoms with van der Waals surface area (Å²) in [7, 11) is 1.76. The van der Waals surface area contributed by atoms with Crippen molar-refractivity contribution >= 4 is 27.9 Å². The van der Waals surface area contributed by atoms with Crippen LogP contribution in [0.4, 0.5) is 0 Å². The molecule has 27 heavy (non-hydrogen) atoms. The third kappa shape index (κ3) is 4.82. The molecule has 0 unspecified atom stereocenters. The molecular weight excluding hydrogens is 414 g/mol. The molecule has 5 rings (SSSR count). The summed E-state index contributed by atoms with van der Waals surface area (Å²) >= 11 is 3.58. The van der Waals surface area contributed by atoms with Gasteiger partial charge in [0.05, 0.1) is 7.11 Å². The van der Waals surface area contributed by atoms with Gasteiger partial charge in [0.15, 0.2) is 0 Å². The van der Waals surface area contributed by atoms with E-state index < -0.39 is 11.9 Å². The first kappa shape index (κ1) is 20.1. The van der Waals surface area contributed by atoms with Crippen molar-refractivity contribution in [3.05, 3.63) is 28.2 Å². The topological polar surface area (TPSA) is 95.9 Å². The molecule has 148 valence electrons. The largest absolute Gasteiger partial charge is 0.496 e. The molecule has 0 heterocycles. The van der Waals surface area contributed by atoms with Crippen molar-refractivity contribution in [3.8, 4) is 5.75 Å². The third-order valence-electron chi connectivity index (χ3n) is 6.12. The number of nitrogens with one attached hydrogen (secondary N) is 1. The zero-order valence-electron chi connectivity index (χ0n) is 15.4. The number of carbonyl (C=O) groups is 2. The van der Waals surface area contributed by atoms with Gasteiger partial charge >= 0.3 is 11.9 Å². The number of aliphatic carboxylic acids is 2. The Hall–Kier alpha value is -1.60. The van der Waals surface area contributed by atoms with Crippen molar-refractivity contribution in [2.45, 2.75) is 50.6 Å². The summed E-state index contributed by atoms with van der Waals surface area (Å²) in [5.74, 6) is 0.329. The van der Waals surface area contributed by atoms with Crippen LogP contribution in [0.15, 0.2) is 22.7 Å². The molecule has 4 bridgehead atoms. The number of ether oxygens (including phenoxy) is 1. The Kier molecular flexibility index (Phi) is 6.11. The Morgan fingerprint density at radius 2 is 1.63 bits per heavy atom. The number of carboxylic acids is 2. The van der Waals surface area contributed by atoms with Crippen LogP contribution in [0.5, 0.6) is 5.75 Å². The van der Waals surface area contributed by atoms with E-state index in [9.17, 15) is 0 Å². The minimum atomic E-state index is -1.82. The fourth-order valence-corrected chi connectivity index (χ4v) is 5.90. The van der Waals surface area contributed by atoms with E-state index in [1.165, 1.54) is 44.1 Å². The van der Waals surface area contributed by atoms with Crippen molar-refractivity contribution in [3.63, 3.8) is 0 Å². The van der Waals surface area contributed by atoms with Crippen molar-refractivity contribution < 1.29 is 24.5 Å². The molecule has 0 aromatic heterocycles. The molecule has 0 radical (unpaired) electrons. The fourth-order valence-electron chi connectivity index (χ4n) is 5.50. The van der Waals surface area contributed by atoms with Gasteiger partial charge in [0.25, 0.3) is 0 Å². The third-order valence-corrected chi connectivity index (χ3v) is 6.61. The second-order valence-corrected chi connectivity index (χ2v) is 9.03. The number of carboxylic acid groups (broad SMARTS) is 2. The van der Waals surface area contributed by atoms with Crippen LogP contribution >= 0.6 is 15.9 Å².